The standard InChI is InChI=1S/C15H19ClN2/c16-15-7-3-2-6-14(15)13(12-17)8-11-18-9-4-1-5-10-18/h2-3,6-7,13H,1,4-5,8-11H2. The van der Waals surface area contributed by atoms with Crippen LogP contribution in [0.25, 0.3) is 0 Å². The first-order chi connectivity index (χ1) is 8.81. The third kappa shape index (κ3) is 3.48. The van der Waals surface area contributed by atoms with E-state index >= 15 is 0 Å². The highest BCUT2D eigenvalue weighted by molar-refractivity contribution is 6.31. The minimum atomic E-state index is -0.0828. The van der Waals surface area contributed by atoms with Gasteiger partial charge in [-0.3, -0.25) is 0 Å². The number of piperidine rings is 1. The molecular formula is C15H19ClN2. The third-order valence-corrected chi connectivity index (χ3v) is 3.96. The fraction of sp³-hybridized carbons (Fsp3) is 0.533. The fourth-order valence-corrected chi connectivity index (χ4v) is 2.81. The summed E-state index contributed by atoms with van der Waals surface area (Å²) in [6.07, 6.45) is 4.82. The summed E-state index contributed by atoms with van der Waals surface area (Å²) >= 11 is 6.15. The Kier molecular flexibility index (Phi) is 5.04. The minimum absolute atomic E-state index is 0.0828. The van der Waals surface area contributed by atoms with Crippen molar-refractivity contribution in [2.75, 3.05) is 19.6 Å². The molecule has 1 aliphatic rings. The summed E-state index contributed by atoms with van der Waals surface area (Å²) < 4.78 is 0. The molecule has 0 N–H and O–H groups in total. The van der Waals surface area contributed by atoms with Gasteiger partial charge in [0.1, 0.15) is 0 Å². The summed E-state index contributed by atoms with van der Waals surface area (Å²) in [6, 6.07) is 10.1. The Balaban J connectivity index is 1.93. The summed E-state index contributed by atoms with van der Waals surface area (Å²) in [7, 11) is 0. The predicted octanol–water partition coefficient (Wildman–Crippen LogP) is 3.82. The molecule has 0 saturated carbocycles. The lowest BCUT2D eigenvalue weighted by molar-refractivity contribution is 0.224. The number of nitriles is 1. The zero-order chi connectivity index (χ0) is 12.8. The van der Waals surface area contributed by atoms with Gasteiger partial charge in [-0.25, -0.2) is 0 Å². The molecular weight excluding hydrogens is 244 g/mol. The molecule has 0 amide bonds. The van der Waals surface area contributed by atoms with Crippen LogP contribution in [0.5, 0.6) is 0 Å². The van der Waals surface area contributed by atoms with Crippen LogP contribution in [0, 0.1) is 11.3 Å². The van der Waals surface area contributed by atoms with E-state index in [1.54, 1.807) is 0 Å². The van der Waals surface area contributed by atoms with Crippen LogP contribution in [0.2, 0.25) is 5.02 Å². The topological polar surface area (TPSA) is 27.0 Å². The molecule has 0 aromatic heterocycles. The van der Waals surface area contributed by atoms with E-state index in [4.69, 9.17) is 11.6 Å². The van der Waals surface area contributed by atoms with Crippen LogP contribution in [0.4, 0.5) is 0 Å². The lowest BCUT2D eigenvalue weighted by atomic mass is 9.96. The molecule has 18 heavy (non-hydrogen) atoms. The van der Waals surface area contributed by atoms with E-state index < -0.39 is 0 Å². The van der Waals surface area contributed by atoms with Crippen LogP contribution >= 0.6 is 11.6 Å². The summed E-state index contributed by atoms with van der Waals surface area (Å²) in [4.78, 5) is 2.46. The zero-order valence-electron chi connectivity index (χ0n) is 10.6. The van der Waals surface area contributed by atoms with Gasteiger partial charge in [-0.05, 0) is 50.5 Å². The number of hydrogen-bond acceptors (Lipinski definition) is 2. The van der Waals surface area contributed by atoms with Gasteiger partial charge in [-0.15, -0.1) is 0 Å². The van der Waals surface area contributed by atoms with Crippen molar-refractivity contribution in [1.82, 2.24) is 4.90 Å². The highest BCUT2D eigenvalue weighted by Crippen LogP contribution is 2.27. The molecule has 0 spiro atoms. The van der Waals surface area contributed by atoms with Gasteiger partial charge in [0, 0.05) is 5.02 Å². The van der Waals surface area contributed by atoms with Gasteiger partial charge in [0.15, 0.2) is 0 Å². The summed E-state index contributed by atoms with van der Waals surface area (Å²) in [6.45, 7) is 3.37. The molecule has 2 nitrogen and oxygen atoms in total. The first-order valence-electron chi connectivity index (χ1n) is 6.67. The maximum absolute atomic E-state index is 9.31. The number of hydrogen-bond donors (Lipinski definition) is 0. The van der Waals surface area contributed by atoms with Crippen molar-refractivity contribution >= 4 is 11.6 Å². The molecule has 1 saturated heterocycles. The van der Waals surface area contributed by atoms with Gasteiger partial charge >= 0.3 is 0 Å². The average molecular weight is 263 g/mol. The molecule has 96 valence electrons. The van der Waals surface area contributed by atoms with Crippen LogP contribution in [-0.2, 0) is 0 Å². The van der Waals surface area contributed by atoms with Gasteiger partial charge in [0.2, 0.25) is 0 Å². The van der Waals surface area contributed by atoms with E-state index in [9.17, 15) is 5.26 Å². The Bertz CT molecular complexity index is 419. The Morgan fingerprint density at radius 1 is 1.22 bits per heavy atom. The molecule has 1 unspecified atom stereocenters. The van der Waals surface area contributed by atoms with E-state index in [0.717, 1.165) is 18.5 Å². The molecule has 0 radical (unpaired) electrons. The Labute approximate surface area is 114 Å². The lowest BCUT2D eigenvalue weighted by Crippen LogP contribution is -2.31. The normalized spacial score (nSPS) is 18.2. The van der Waals surface area contributed by atoms with E-state index in [1.165, 1.54) is 32.4 Å². The molecule has 1 aliphatic heterocycles. The number of likely N-dealkylation sites (tertiary alicyclic amines) is 1. The van der Waals surface area contributed by atoms with Gasteiger partial charge in [0.05, 0.1) is 12.0 Å². The van der Waals surface area contributed by atoms with Crippen molar-refractivity contribution in [3.63, 3.8) is 0 Å². The van der Waals surface area contributed by atoms with Crippen molar-refractivity contribution in [3.8, 4) is 6.07 Å². The van der Waals surface area contributed by atoms with Crippen molar-refractivity contribution in [3.05, 3.63) is 34.9 Å². The van der Waals surface area contributed by atoms with Crippen molar-refractivity contribution < 1.29 is 0 Å². The van der Waals surface area contributed by atoms with Crippen LogP contribution in [0.3, 0.4) is 0 Å². The van der Waals surface area contributed by atoms with Gasteiger partial charge in [-0.1, -0.05) is 36.2 Å². The SMILES string of the molecule is N#CC(CCN1CCCCC1)c1ccccc1Cl. The van der Waals surface area contributed by atoms with Crippen molar-refractivity contribution in [1.29, 1.82) is 5.26 Å². The molecule has 0 bridgehead atoms. The van der Waals surface area contributed by atoms with Crippen LogP contribution in [-0.4, -0.2) is 24.5 Å². The fourth-order valence-electron chi connectivity index (χ4n) is 2.54. The molecule has 1 fully saturated rings. The first kappa shape index (κ1) is 13.4. The van der Waals surface area contributed by atoms with E-state index in [0.29, 0.717) is 5.02 Å². The second-order valence-corrected chi connectivity index (χ2v) is 5.30. The van der Waals surface area contributed by atoms with Crippen LogP contribution in [0.15, 0.2) is 24.3 Å². The molecule has 1 aromatic carbocycles. The maximum Gasteiger partial charge on any atom is 0.0739 e. The quantitative estimate of drug-likeness (QED) is 0.825. The highest BCUT2D eigenvalue weighted by atomic mass is 35.5. The second-order valence-electron chi connectivity index (χ2n) is 4.89. The zero-order valence-corrected chi connectivity index (χ0v) is 11.4. The van der Waals surface area contributed by atoms with E-state index in [2.05, 4.69) is 11.0 Å². The van der Waals surface area contributed by atoms with Gasteiger partial charge in [-0.2, -0.15) is 5.26 Å². The Morgan fingerprint density at radius 2 is 1.94 bits per heavy atom. The molecule has 0 aliphatic carbocycles. The van der Waals surface area contributed by atoms with Crippen molar-refractivity contribution in [2.24, 2.45) is 0 Å². The highest BCUT2D eigenvalue weighted by Gasteiger charge is 2.16. The van der Waals surface area contributed by atoms with Crippen molar-refractivity contribution in [2.45, 2.75) is 31.6 Å². The average Bonchev–Trinajstić information content (AvgIpc) is 2.42. The summed E-state index contributed by atoms with van der Waals surface area (Å²) in [5.74, 6) is -0.0828. The van der Waals surface area contributed by atoms with Crippen LogP contribution < -0.4 is 0 Å². The number of halogens is 1. The lowest BCUT2D eigenvalue weighted by Gasteiger charge is -2.27. The van der Waals surface area contributed by atoms with Gasteiger partial charge < -0.3 is 4.90 Å². The monoisotopic (exact) mass is 262 g/mol. The van der Waals surface area contributed by atoms with Crippen LogP contribution in [0.1, 0.15) is 37.2 Å². The first-order valence-corrected chi connectivity index (χ1v) is 7.05. The molecule has 1 aromatic rings. The maximum atomic E-state index is 9.31. The van der Waals surface area contributed by atoms with E-state index in [1.807, 2.05) is 24.3 Å². The smallest absolute Gasteiger partial charge is 0.0739 e. The molecule has 1 heterocycles. The predicted molar refractivity (Wildman–Crippen MR) is 74.7 cm³/mol. The van der Waals surface area contributed by atoms with E-state index in [-0.39, 0.29) is 5.92 Å². The number of rotatable bonds is 4. The molecule has 3 heteroatoms. The minimum Gasteiger partial charge on any atom is -0.303 e. The molecule has 2 rings (SSSR count). The largest absolute Gasteiger partial charge is 0.303 e. The Morgan fingerprint density at radius 3 is 2.61 bits per heavy atom. The third-order valence-electron chi connectivity index (χ3n) is 3.62. The summed E-state index contributed by atoms with van der Waals surface area (Å²) in [5, 5.41) is 10.0. The number of benzene rings is 1. The van der Waals surface area contributed by atoms with Gasteiger partial charge in [0.25, 0.3) is 0 Å². The number of nitrogens with zero attached hydrogens (tertiary/aromatic N) is 2. The summed E-state index contributed by atoms with van der Waals surface area (Å²) in [5.41, 5.74) is 0.971. The Hall–Kier alpha value is -1.04. The molecule has 1 atom stereocenters. The second kappa shape index (κ2) is 6.78.